The maximum Gasteiger partial charge on any atom is 0.252 e. The van der Waals surface area contributed by atoms with Crippen molar-refractivity contribution in [3.05, 3.63) is 29.8 Å². The Balaban J connectivity index is 2.11. The summed E-state index contributed by atoms with van der Waals surface area (Å²) in [6.07, 6.45) is 3.03. The van der Waals surface area contributed by atoms with Gasteiger partial charge in [-0.25, -0.2) is 8.42 Å². The minimum Gasteiger partial charge on any atom is -0.379 e. The Hall–Kier alpha value is -1.44. The van der Waals surface area contributed by atoms with Crippen LogP contribution in [0, 0.1) is 5.92 Å². The highest BCUT2D eigenvalue weighted by Crippen LogP contribution is 2.21. The van der Waals surface area contributed by atoms with Crippen LogP contribution in [0.5, 0.6) is 0 Å². The number of hydrogen-bond acceptors (Lipinski definition) is 4. The van der Waals surface area contributed by atoms with E-state index < -0.39 is 10.0 Å². The van der Waals surface area contributed by atoms with Crippen molar-refractivity contribution >= 4 is 15.9 Å². The maximum atomic E-state index is 12.9. The third-order valence-electron chi connectivity index (χ3n) is 4.52. The fourth-order valence-electron chi connectivity index (χ4n) is 3.01. The van der Waals surface area contributed by atoms with E-state index in [0.717, 1.165) is 19.3 Å². The van der Waals surface area contributed by atoms with Gasteiger partial charge in [-0.2, -0.15) is 4.31 Å². The van der Waals surface area contributed by atoms with E-state index in [2.05, 4.69) is 19.2 Å². The Labute approximate surface area is 157 Å². The van der Waals surface area contributed by atoms with Crippen LogP contribution in [0.25, 0.3) is 0 Å². The van der Waals surface area contributed by atoms with E-state index in [1.807, 2.05) is 6.92 Å². The molecule has 1 amide bonds. The molecule has 0 saturated carbocycles. The monoisotopic (exact) mass is 382 g/mol. The fraction of sp³-hybridized carbons (Fsp3) is 0.632. The molecule has 0 radical (unpaired) electrons. The molecule has 6 nitrogen and oxygen atoms in total. The number of benzene rings is 1. The maximum absolute atomic E-state index is 12.9. The smallest absolute Gasteiger partial charge is 0.252 e. The molecule has 1 aromatic rings. The number of nitrogens with one attached hydrogen (secondary N) is 1. The van der Waals surface area contributed by atoms with E-state index in [1.165, 1.54) is 10.4 Å². The quantitative estimate of drug-likeness (QED) is 0.750. The first-order valence-corrected chi connectivity index (χ1v) is 10.7. The van der Waals surface area contributed by atoms with Crippen LogP contribution < -0.4 is 5.32 Å². The number of morpholine rings is 1. The zero-order valence-electron chi connectivity index (χ0n) is 15.9. The van der Waals surface area contributed by atoms with E-state index in [0.29, 0.717) is 32.2 Å². The summed E-state index contributed by atoms with van der Waals surface area (Å²) in [5.74, 6) is 0.298. The molecule has 146 valence electrons. The van der Waals surface area contributed by atoms with Crippen LogP contribution in [0.1, 0.15) is 50.4 Å². The molecular weight excluding hydrogens is 352 g/mol. The van der Waals surface area contributed by atoms with Gasteiger partial charge in [0.15, 0.2) is 0 Å². The predicted octanol–water partition coefficient (Wildman–Crippen LogP) is 2.65. The van der Waals surface area contributed by atoms with Gasteiger partial charge in [-0.1, -0.05) is 38.8 Å². The van der Waals surface area contributed by atoms with E-state index in [4.69, 9.17) is 4.74 Å². The topological polar surface area (TPSA) is 75.7 Å². The van der Waals surface area contributed by atoms with Crippen molar-refractivity contribution in [1.29, 1.82) is 0 Å². The van der Waals surface area contributed by atoms with Crippen LogP contribution in [0.2, 0.25) is 0 Å². The van der Waals surface area contributed by atoms with E-state index in [9.17, 15) is 13.2 Å². The van der Waals surface area contributed by atoms with Gasteiger partial charge in [0, 0.05) is 19.1 Å². The summed E-state index contributed by atoms with van der Waals surface area (Å²) < 4.78 is 32.5. The largest absolute Gasteiger partial charge is 0.379 e. The second-order valence-corrected chi connectivity index (χ2v) is 9.12. The molecule has 1 aliphatic heterocycles. The molecule has 0 bridgehead atoms. The van der Waals surface area contributed by atoms with Gasteiger partial charge in [0.1, 0.15) is 0 Å². The summed E-state index contributed by atoms with van der Waals surface area (Å²) in [4.78, 5) is 12.7. The second kappa shape index (κ2) is 9.48. The van der Waals surface area contributed by atoms with Gasteiger partial charge in [-0.15, -0.1) is 0 Å². The summed E-state index contributed by atoms with van der Waals surface area (Å²) in [5.41, 5.74) is 0.203. The fourth-order valence-corrected chi connectivity index (χ4v) is 4.61. The van der Waals surface area contributed by atoms with Gasteiger partial charge < -0.3 is 10.1 Å². The molecular formula is C19H30N2O4S. The summed E-state index contributed by atoms with van der Waals surface area (Å²) in [6, 6.07) is 6.42. The van der Waals surface area contributed by atoms with Crippen LogP contribution in [-0.2, 0) is 14.8 Å². The normalized spacial score (nSPS) is 17.2. The zero-order valence-corrected chi connectivity index (χ0v) is 16.7. The van der Waals surface area contributed by atoms with Crippen LogP contribution in [0.3, 0.4) is 0 Å². The molecule has 0 aromatic heterocycles. The van der Waals surface area contributed by atoms with Gasteiger partial charge in [-0.05, 0) is 31.4 Å². The molecule has 1 heterocycles. The summed E-state index contributed by atoms with van der Waals surface area (Å²) in [5, 5.41) is 2.94. The molecule has 1 aromatic carbocycles. The number of ether oxygens (including phenoxy) is 1. The van der Waals surface area contributed by atoms with Crippen molar-refractivity contribution in [2.24, 2.45) is 5.92 Å². The SMILES string of the molecule is CC(C)CCCC(C)NC(=O)c1ccccc1S(=O)(=O)N1CCOCC1. The van der Waals surface area contributed by atoms with E-state index in [-0.39, 0.29) is 22.4 Å². The Morgan fingerprint density at radius 3 is 2.46 bits per heavy atom. The third kappa shape index (κ3) is 5.53. The van der Waals surface area contributed by atoms with Gasteiger partial charge in [0.05, 0.1) is 23.7 Å². The lowest BCUT2D eigenvalue weighted by Crippen LogP contribution is -2.41. The average molecular weight is 383 g/mol. The summed E-state index contributed by atoms with van der Waals surface area (Å²) >= 11 is 0. The average Bonchev–Trinajstić information content (AvgIpc) is 2.62. The predicted molar refractivity (Wildman–Crippen MR) is 102 cm³/mol. The number of hydrogen-bond donors (Lipinski definition) is 1. The highest BCUT2D eigenvalue weighted by molar-refractivity contribution is 7.89. The molecule has 1 aliphatic rings. The highest BCUT2D eigenvalue weighted by Gasteiger charge is 2.30. The standard InChI is InChI=1S/C19H30N2O4S/c1-15(2)7-6-8-16(3)20-19(22)17-9-4-5-10-18(17)26(23,24)21-11-13-25-14-12-21/h4-5,9-10,15-16H,6-8,11-14H2,1-3H3,(H,20,22). The molecule has 1 unspecified atom stereocenters. The first-order chi connectivity index (χ1) is 12.3. The lowest BCUT2D eigenvalue weighted by Gasteiger charge is -2.27. The Morgan fingerprint density at radius 1 is 1.15 bits per heavy atom. The number of rotatable bonds is 8. The lowest BCUT2D eigenvalue weighted by atomic mass is 10.0. The minimum atomic E-state index is -3.71. The van der Waals surface area contributed by atoms with Crippen LogP contribution in [-0.4, -0.2) is 51.0 Å². The van der Waals surface area contributed by atoms with Gasteiger partial charge in [-0.3, -0.25) is 4.79 Å². The Bertz CT molecular complexity index is 697. The van der Waals surface area contributed by atoms with Crippen molar-refractivity contribution in [2.45, 2.75) is 51.0 Å². The van der Waals surface area contributed by atoms with Crippen molar-refractivity contribution in [3.8, 4) is 0 Å². The van der Waals surface area contributed by atoms with Crippen molar-refractivity contribution in [3.63, 3.8) is 0 Å². The van der Waals surface area contributed by atoms with Crippen molar-refractivity contribution in [1.82, 2.24) is 9.62 Å². The molecule has 1 atom stereocenters. The second-order valence-electron chi connectivity index (χ2n) is 7.21. The number of amides is 1. The van der Waals surface area contributed by atoms with Crippen LogP contribution in [0.4, 0.5) is 0 Å². The molecule has 1 N–H and O–H groups in total. The summed E-state index contributed by atoms with van der Waals surface area (Å²) in [7, 11) is -3.71. The highest BCUT2D eigenvalue weighted by atomic mass is 32.2. The Morgan fingerprint density at radius 2 is 1.81 bits per heavy atom. The number of carbonyl (C=O) groups is 1. The minimum absolute atomic E-state index is 0.000367. The lowest BCUT2D eigenvalue weighted by molar-refractivity contribution is 0.0729. The summed E-state index contributed by atoms with van der Waals surface area (Å²) in [6.45, 7) is 7.68. The molecule has 0 aliphatic carbocycles. The van der Waals surface area contributed by atoms with Crippen LogP contribution >= 0.6 is 0 Å². The number of carbonyl (C=O) groups excluding carboxylic acids is 1. The molecule has 1 saturated heterocycles. The van der Waals surface area contributed by atoms with E-state index >= 15 is 0 Å². The molecule has 26 heavy (non-hydrogen) atoms. The molecule has 1 fully saturated rings. The Kier molecular flexibility index (Phi) is 7.61. The third-order valence-corrected chi connectivity index (χ3v) is 6.47. The van der Waals surface area contributed by atoms with Crippen molar-refractivity contribution in [2.75, 3.05) is 26.3 Å². The number of nitrogens with zero attached hydrogens (tertiary/aromatic N) is 1. The first-order valence-electron chi connectivity index (χ1n) is 9.30. The first kappa shape index (κ1) is 20.9. The van der Waals surface area contributed by atoms with Crippen LogP contribution in [0.15, 0.2) is 29.2 Å². The number of sulfonamides is 1. The van der Waals surface area contributed by atoms with E-state index in [1.54, 1.807) is 18.2 Å². The molecule has 7 heteroatoms. The molecule has 0 spiro atoms. The van der Waals surface area contributed by atoms with Crippen molar-refractivity contribution < 1.29 is 17.9 Å². The van der Waals surface area contributed by atoms with Gasteiger partial charge >= 0.3 is 0 Å². The van der Waals surface area contributed by atoms with Gasteiger partial charge in [0.2, 0.25) is 10.0 Å². The molecule has 2 rings (SSSR count). The van der Waals surface area contributed by atoms with Gasteiger partial charge in [0.25, 0.3) is 5.91 Å². The zero-order chi connectivity index (χ0) is 19.2.